The predicted octanol–water partition coefficient (Wildman–Crippen LogP) is 1.73. The van der Waals surface area contributed by atoms with Gasteiger partial charge in [-0.3, -0.25) is 4.90 Å². The van der Waals surface area contributed by atoms with Gasteiger partial charge in [-0.1, -0.05) is 13.8 Å². The molecule has 0 heterocycles. The Morgan fingerprint density at radius 1 is 1.16 bits per heavy atom. The van der Waals surface area contributed by atoms with Gasteiger partial charge in [-0.2, -0.15) is 0 Å². The number of nitrogens with zero attached hydrogens (tertiary/aromatic N) is 1. The van der Waals surface area contributed by atoms with Gasteiger partial charge in [-0.05, 0) is 31.1 Å². The molecule has 0 aliphatic heterocycles. The van der Waals surface area contributed by atoms with Crippen molar-refractivity contribution < 1.29 is 9.47 Å². The molecule has 0 aromatic rings. The van der Waals surface area contributed by atoms with E-state index in [-0.39, 0.29) is 5.54 Å². The van der Waals surface area contributed by atoms with E-state index in [9.17, 15) is 0 Å². The lowest BCUT2D eigenvalue weighted by molar-refractivity contribution is -0.0250. The molecule has 1 aliphatic carbocycles. The molecule has 1 aliphatic rings. The summed E-state index contributed by atoms with van der Waals surface area (Å²) in [4.78, 5) is 2.51. The molecule has 2 N–H and O–H groups in total. The molecule has 0 bridgehead atoms. The van der Waals surface area contributed by atoms with Gasteiger partial charge in [0.2, 0.25) is 0 Å². The van der Waals surface area contributed by atoms with E-state index in [4.69, 9.17) is 15.2 Å². The molecular formula is C15H32N2O2. The number of ether oxygens (including phenoxy) is 2. The van der Waals surface area contributed by atoms with E-state index in [0.717, 1.165) is 38.8 Å². The highest BCUT2D eigenvalue weighted by molar-refractivity contribution is 4.99. The van der Waals surface area contributed by atoms with Crippen LogP contribution in [0.5, 0.6) is 0 Å². The second-order valence-electron chi connectivity index (χ2n) is 6.06. The summed E-state index contributed by atoms with van der Waals surface area (Å²) in [6.45, 7) is 8.84. The summed E-state index contributed by atoms with van der Waals surface area (Å²) in [5.41, 5.74) is 6.32. The van der Waals surface area contributed by atoms with E-state index in [2.05, 4.69) is 18.7 Å². The molecule has 1 saturated carbocycles. The Balaban J connectivity index is 2.79. The van der Waals surface area contributed by atoms with Gasteiger partial charge in [-0.25, -0.2) is 0 Å². The molecule has 4 heteroatoms. The number of rotatable bonds is 8. The highest BCUT2D eigenvalue weighted by Gasteiger charge is 2.43. The quantitative estimate of drug-likeness (QED) is 0.731. The minimum atomic E-state index is 0.129. The van der Waals surface area contributed by atoms with Crippen LogP contribution < -0.4 is 5.73 Å². The van der Waals surface area contributed by atoms with E-state index >= 15 is 0 Å². The lowest BCUT2D eigenvalue weighted by atomic mass is 9.69. The van der Waals surface area contributed by atoms with Crippen molar-refractivity contribution in [2.75, 3.05) is 47.1 Å². The zero-order valence-electron chi connectivity index (χ0n) is 13.2. The first kappa shape index (κ1) is 16.9. The van der Waals surface area contributed by atoms with Gasteiger partial charge in [-0.15, -0.1) is 0 Å². The summed E-state index contributed by atoms with van der Waals surface area (Å²) in [7, 11) is 3.52. The Morgan fingerprint density at radius 3 is 2.16 bits per heavy atom. The van der Waals surface area contributed by atoms with Crippen LogP contribution >= 0.6 is 0 Å². The normalized spacial score (nSPS) is 31.9. The maximum absolute atomic E-state index is 6.20. The van der Waals surface area contributed by atoms with Crippen LogP contribution in [0.25, 0.3) is 0 Å². The molecule has 0 spiro atoms. The third-order valence-corrected chi connectivity index (χ3v) is 4.86. The third kappa shape index (κ3) is 4.15. The first-order chi connectivity index (χ1) is 9.10. The van der Waals surface area contributed by atoms with Gasteiger partial charge in [0.1, 0.15) is 0 Å². The number of nitrogens with two attached hydrogens (primary N) is 1. The van der Waals surface area contributed by atoms with Crippen LogP contribution in [0, 0.1) is 11.8 Å². The maximum atomic E-state index is 6.20. The highest BCUT2D eigenvalue weighted by Crippen LogP contribution is 2.40. The van der Waals surface area contributed by atoms with Crippen molar-refractivity contribution in [3.05, 3.63) is 0 Å². The van der Waals surface area contributed by atoms with Crippen molar-refractivity contribution in [3.8, 4) is 0 Å². The average Bonchev–Trinajstić information content (AvgIpc) is 2.40. The number of hydrogen-bond acceptors (Lipinski definition) is 4. The van der Waals surface area contributed by atoms with Crippen molar-refractivity contribution in [2.24, 2.45) is 17.6 Å². The van der Waals surface area contributed by atoms with E-state index in [1.54, 1.807) is 14.2 Å². The first-order valence-electron chi connectivity index (χ1n) is 7.53. The van der Waals surface area contributed by atoms with Crippen LogP contribution in [0.3, 0.4) is 0 Å². The molecule has 0 saturated heterocycles. The Hall–Kier alpha value is -0.160. The van der Waals surface area contributed by atoms with Crippen molar-refractivity contribution >= 4 is 0 Å². The topological polar surface area (TPSA) is 47.7 Å². The van der Waals surface area contributed by atoms with Crippen LogP contribution in [-0.2, 0) is 9.47 Å². The standard InChI is InChI=1S/C15H32N2O2/c1-13-5-6-15(12-16,14(2)11-13)17(7-9-18-3)8-10-19-4/h13-14H,5-12,16H2,1-4H3. The van der Waals surface area contributed by atoms with Gasteiger partial charge in [0.25, 0.3) is 0 Å². The van der Waals surface area contributed by atoms with Gasteiger partial charge in [0, 0.05) is 39.4 Å². The van der Waals surface area contributed by atoms with E-state index in [1.807, 2.05) is 0 Å². The van der Waals surface area contributed by atoms with Gasteiger partial charge >= 0.3 is 0 Å². The summed E-state index contributed by atoms with van der Waals surface area (Å²) in [6, 6.07) is 0. The summed E-state index contributed by atoms with van der Waals surface area (Å²) >= 11 is 0. The molecule has 0 amide bonds. The van der Waals surface area contributed by atoms with Crippen molar-refractivity contribution in [2.45, 2.75) is 38.6 Å². The molecule has 0 aromatic heterocycles. The van der Waals surface area contributed by atoms with E-state index < -0.39 is 0 Å². The van der Waals surface area contributed by atoms with Crippen LogP contribution in [0.4, 0.5) is 0 Å². The summed E-state index contributed by atoms with van der Waals surface area (Å²) < 4.78 is 10.5. The zero-order chi connectivity index (χ0) is 14.3. The van der Waals surface area contributed by atoms with E-state index in [1.165, 1.54) is 19.3 Å². The monoisotopic (exact) mass is 272 g/mol. The van der Waals surface area contributed by atoms with Crippen molar-refractivity contribution in [3.63, 3.8) is 0 Å². The Kier molecular flexibility index (Phi) is 7.29. The fourth-order valence-electron chi connectivity index (χ4n) is 3.55. The lowest BCUT2D eigenvalue weighted by Crippen LogP contribution is -2.61. The molecule has 114 valence electrons. The largest absolute Gasteiger partial charge is 0.383 e. The molecule has 0 aromatic carbocycles. The summed E-state index contributed by atoms with van der Waals surface area (Å²) in [6.07, 6.45) is 3.74. The van der Waals surface area contributed by atoms with Gasteiger partial charge in [0.15, 0.2) is 0 Å². The smallest absolute Gasteiger partial charge is 0.0589 e. The van der Waals surface area contributed by atoms with Crippen LogP contribution in [0.1, 0.15) is 33.1 Å². The number of hydrogen-bond donors (Lipinski definition) is 1. The molecular weight excluding hydrogens is 240 g/mol. The Morgan fingerprint density at radius 2 is 1.74 bits per heavy atom. The van der Waals surface area contributed by atoms with Crippen molar-refractivity contribution in [1.82, 2.24) is 4.90 Å². The maximum Gasteiger partial charge on any atom is 0.0589 e. The summed E-state index contributed by atoms with van der Waals surface area (Å²) in [5.74, 6) is 1.45. The second-order valence-corrected chi connectivity index (χ2v) is 6.06. The van der Waals surface area contributed by atoms with Crippen LogP contribution in [-0.4, -0.2) is 57.5 Å². The average molecular weight is 272 g/mol. The van der Waals surface area contributed by atoms with Crippen LogP contribution in [0.15, 0.2) is 0 Å². The Bertz CT molecular complexity index is 242. The second kappa shape index (κ2) is 8.20. The Labute approximate surface area is 118 Å². The lowest BCUT2D eigenvalue weighted by Gasteiger charge is -2.51. The zero-order valence-corrected chi connectivity index (χ0v) is 13.2. The first-order valence-corrected chi connectivity index (χ1v) is 7.53. The molecule has 19 heavy (non-hydrogen) atoms. The molecule has 1 fully saturated rings. The molecule has 4 nitrogen and oxygen atoms in total. The molecule has 3 atom stereocenters. The third-order valence-electron chi connectivity index (χ3n) is 4.86. The van der Waals surface area contributed by atoms with Gasteiger partial charge < -0.3 is 15.2 Å². The number of methoxy groups -OCH3 is 2. The molecule has 0 radical (unpaired) electrons. The highest BCUT2D eigenvalue weighted by atomic mass is 16.5. The SMILES string of the molecule is COCCN(CCOC)C1(CN)CCC(C)CC1C. The molecule has 1 rings (SSSR count). The minimum absolute atomic E-state index is 0.129. The van der Waals surface area contributed by atoms with Crippen molar-refractivity contribution in [1.29, 1.82) is 0 Å². The van der Waals surface area contributed by atoms with Crippen LogP contribution in [0.2, 0.25) is 0 Å². The van der Waals surface area contributed by atoms with E-state index in [0.29, 0.717) is 5.92 Å². The predicted molar refractivity (Wildman–Crippen MR) is 79.3 cm³/mol. The molecule has 3 unspecified atom stereocenters. The summed E-state index contributed by atoms with van der Waals surface area (Å²) in [5, 5.41) is 0. The minimum Gasteiger partial charge on any atom is -0.383 e. The fraction of sp³-hybridized carbons (Fsp3) is 1.00. The fourth-order valence-corrected chi connectivity index (χ4v) is 3.55. The van der Waals surface area contributed by atoms with Gasteiger partial charge in [0.05, 0.1) is 13.2 Å².